The predicted octanol–water partition coefficient (Wildman–Crippen LogP) is 0.897. The molecule has 0 spiro atoms. The van der Waals surface area contributed by atoms with Gasteiger partial charge in [0.15, 0.2) is 0 Å². The van der Waals surface area contributed by atoms with E-state index < -0.39 is 11.4 Å². The summed E-state index contributed by atoms with van der Waals surface area (Å²) in [6.07, 6.45) is 1.69. The highest BCUT2D eigenvalue weighted by atomic mass is 16.2. The third-order valence-electron chi connectivity index (χ3n) is 2.46. The topological polar surface area (TPSA) is 97.1 Å². The molecule has 104 valence electrons. The Hall–Kier alpha value is -2.11. The third kappa shape index (κ3) is 4.57. The molecule has 0 aromatic carbocycles. The summed E-state index contributed by atoms with van der Waals surface area (Å²) >= 11 is 0. The average molecular weight is 264 g/mol. The molecule has 6 heteroatoms. The molecule has 4 N–H and O–H groups in total. The van der Waals surface area contributed by atoms with Gasteiger partial charge < -0.3 is 16.4 Å². The lowest BCUT2D eigenvalue weighted by atomic mass is 9.99. The van der Waals surface area contributed by atoms with E-state index in [0.29, 0.717) is 17.9 Å². The second kappa shape index (κ2) is 6.17. The predicted molar refractivity (Wildman–Crippen MR) is 73.8 cm³/mol. The van der Waals surface area contributed by atoms with Crippen LogP contribution in [0.15, 0.2) is 18.3 Å². The molecule has 0 unspecified atom stereocenters. The molecule has 0 aliphatic rings. The van der Waals surface area contributed by atoms with Gasteiger partial charge in [-0.15, -0.1) is 0 Å². The summed E-state index contributed by atoms with van der Waals surface area (Å²) in [5.74, 6) is -0.212. The maximum atomic E-state index is 12.2. The van der Waals surface area contributed by atoms with Crippen molar-refractivity contribution in [2.75, 3.05) is 11.9 Å². The quantitative estimate of drug-likeness (QED) is 0.711. The zero-order chi connectivity index (χ0) is 14.5. The van der Waals surface area contributed by atoms with Gasteiger partial charge in [0.25, 0.3) is 5.91 Å². The van der Waals surface area contributed by atoms with Gasteiger partial charge in [-0.3, -0.25) is 9.59 Å². The third-order valence-corrected chi connectivity index (χ3v) is 2.46. The number of aromatic nitrogens is 1. The molecular weight excluding hydrogens is 244 g/mol. The Labute approximate surface area is 112 Å². The lowest BCUT2D eigenvalue weighted by Crippen LogP contribution is -2.46. The molecular formula is C13H20N4O2. The van der Waals surface area contributed by atoms with Gasteiger partial charge >= 0.3 is 0 Å². The molecule has 6 nitrogen and oxygen atoms in total. The van der Waals surface area contributed by atoms with Gasteiger partial charge in [0.2, 0.25) is 5.91 Å². The highest BCUT2D eigenvalue weighted by molar-refractivity contribution is 5.99. The first-order valence-electron chi connectivity index (χ1n) is 6.15. The summed E-state index contributed by atoms with van der Waals surface area (Å²) in [7, 11) is 0. The smallest absolute Gasteiger partial charge is 0.255 e. The highest BCUT2D eigenvalue weighted by Gasteiger charge is 2.24. The van der Waals surface area contributed by atoms with Crippen LogP contribution in [0.5, 0.6) is 0 Å². The van der Waals surface area contributed by atoms with Crippen LogP contribution in [0.1, 0.15) is 37.6 Å². The second-order valence-electron chi connectivity index (χ2n) is 4.91. The van der Waals surface area contributed by atoms with Crippen molar-refractivity contribution < 1.29 is 9.59 Å². The van der Waals surface area contributed by atoms with Gasteiger partial charge in [0.1, 0.15) is 5.82 Å². The van der Waals surface area contributed by atoms with Crippen molar-refractivity contribution in [3.8, 4) is 0 Å². The molecule has 1 heterocycles. The summed E-state index contributed by atoms with van der Waals surface area (Å²) < 4.78 is 0. The first-order valence-corrected chi connectivity index (χ1v) is 6.15. The second-order valence-corrected chi connectivity index (χ2v) is 4.91. The van der Waals surface area contributed by atoms with Crippen LogP contribution in [0.4, 0.5) is 5.82 Å². The number of amides is 2. The Morgan fingerprint density at radius 2 is 2.11 bits per heavy atom. The number of anilines is 1. The van der Waals surface area contributed by atoms with E-state index in [2.05, 4.69) is 15.6 Å². The fraction of sp³-hybridized carbons (Fsp3) is 0.462. The van der Waals surface area contributed by atoms with E-state index >= 15 is 0 Å². The molecule has 0 aliphatic heterocycles. The SMILES string of the molecule is CCNc1ncccc1C(=O)NC(C)(C)CC(N)=O. The lowest BCUT2D eigenvalue weighted by molar-refractivity contribution is -0.119. The number of nitrogens with two attached hydrogens (primary N) is 1. The molecule has 0 fully saturated rings. The number of nitrogens with one attached hydrogen (secondary N) is 2. The van der Waals surface area contributed by atoms with E-state index in [1.807, 2.05) is 6.92 Å². The van der Waals surface area contributed by atoms with Crippen LogP contribution in [-0.2, 0) is 4.79 Å². The Morgan fingerprint density at radius 3 is 2.68 bits per heavy atom. The molecule has 0 radical (unpaired) electrons. The Morgan fingerprint density at radius 1 is 1.42 bits per heavy atom. The van der Waals surface area contributed by atoms with Crippen molar-refractivity contribution in [1.29, 1.82) is 0 Å². The fourth-order valence-electron chi connectivity index (χ4n) is 1.75. The first kappa shape index (κ1) is 14.9. The summed E-state index contributed by atoms with van der Waals surface area (Å²) in [6, 6.07) is 3.37. The average Bonchev–Trinajstić information content (AvgIpc) is 2.27. The van der Waals surface area contributed by atoms with Gasteiger partial charge in [-0.2, -0.15) is 0 Å². The van der Waals surface area contributed by atoms with Crippen molar-refractivity contribution in [2.45, 2.75) is 32.7 Å². The number of primary amides is 1. The maximum absolute atomic E-state index is 12.2. The molecule has 2 amide bonds. The van der Waals surface area contributed by atoms with Crippen LogP contribution in [0, 0.1) is 0 Å². The molecule has 0 bridgehead atoms. The maximum Gasteiger partial charge on any atom is 0.255 e. The van der Waals surface area contributed by atoms with Crippen molar-refractivity contribution in [3.63, 3.8) is 0 Å². The molecule has 0 saturated carbocycles. The molecule has 0 saturated heterocycles. The van der Waals surface area contributed by atoms with Crippen molar-refractivity contribution >= 4 is 17.6 Å². The van der Waals surface area contributed by atoms with Gasteiger partial charge in [-0.1, -0.05) is 0 Å². The van der Waals surface area contributed by atoms with Crippen LogP contribution in [0.2, 0.25) is 0 Å². The molecule has 1 rings (SSSR count). The summed E-state index contributed by atoms with van der Waals surface area (Å²) in [6.45, 7) is 6.09. The lowest BCUT2D eigenvalue weighted by Gasteiger charge is -2.25. The van der Waals surface area contributed by atoms with Crippen LogP contribution in [0.3, 0.4) is 0 Å². The van der Waals surface area contributed by atoms with E-state index in [0.717, 1.165) is 0 Å². The summed E-state index contributed by atoms with van der Waals surface area (Å²) in [5, 5.41) is 5.80. The summed E-state index contributed by atoms with van der Waals surface area (Å²) in [5.41, 5.74) is 4.91. The van der Waals surface area contributed by atoms with Crippen molar-refractivity contribution in [3.05, 3.63) is 23.9 Å². The Balaban J connectivity index is 2.86. The van der Waals surface area contributed by atoms with Gasteiger partial charge in [0.05, 0.1) is 5.56 Å². The van der Waals surface area contributed by atoms with E-state index in [1.165, 1.54) is 0 Å². The monoisotopic (exact) mass is 264 g/mol. The van der Waals surface area contributed by atoms with Crippen LogP contribution < -0.4 is 16.4 Å². The minimum absolute atomic E-state index is 0.0789. The first-order chi connectivity index (χ1) is 8.85. The Kier molecular flexibility index (Phi) is 4.86. The highest BCUT2D eigenvalue weighted by Crippen LogP contribution is 2.14. The minimum atomic E-state index is -0.692. The van der Waals surface area contributed by atoms with Crippen molar-refractivity contribution in [1.82, 2.24) is 10.3 Å². The molecule has 1 aromatic rings. The van der Waals surface area contributed by atoms with Crippen molar-refractivity contribution in [2.24, 2.45) is 5.73 Å². The zero-order valence-corrected chi connectivity index (χ0v) is 11.5. The number of carbonyl (C=O) groups excluding carboxylic acids is 2. The number of hydrogen-bond donors (Lipinski definition) is 3. The van der Waals surface area contributed by atoms with Crippen LogP contribution >= 0.6 is 0 Å². The van der Waals surface area contributed by atoms with Crippen LogP contribution in [-0.4, -0.2) is 28.9 Å². The van der Waals surface area contributed by atoms with Crippen LogP contribution in [0.25, 0.3) is 0 Å². The van der Waals surface area contributed by atoms with Gasteiger partial charge in [-0.25, -0.2) is 4.98 Å². The number of carbonyl (C=O) groups is 2. The minimum Gasteiger partial charge on any atom is -0.370 e. The standard InChI is InChI=1S/C13H20N4O2/c1-4-15-11-9(6-5-7-16-11)12(19)17-13(2,3)8-10(14)18/h5-7H,4,8H2,1-3H3,(H2,14,18)(H,15,16)(H,17,19). The zero-order valence-electron chi connectivity index (χ0n) is 11.5. The number of nitrogens with zero attached hydrogens (tertiary/aromatic N) is 1. The normalized spacial score (nSPS) is 10.9. The number of pyridine rings is 1. The number of hydrogen-bond acceptors (Lipinski definition) is 4. The van der Waals surface area contributed by atoms with E-state index in [9.17, 15) is 9.59 Å². The Bertz CT molecular complexity index is 471. The fourth-order valence-corrected chi connectivity index (χ4v) is 1.75. The van der Waals surface area contributed by atoms with Gasteiger partial charge in [-0.05, 0) is 32.9 Å². The van der Waals surface area contributed by atoms with E-state index in [-0.39, 0.29) is 12.3 Å². The van der Waals surface area contributed by atoms with E-state index in [4.69, 9.17) is 5.73 Å². The summed E-state index contributed by atoms with van der Waals surface area (Å²) in [4.78, 5) is 27.3. The van der Waals surface area contributed by atoms with E-state index in [1.54, 1.807) is 32.2 Å². The largest absolute Gasteiger partial charge is 0.370 e. The number of rotatable bonds is 6. The molecule has 19 heavy (non-hydrogen) atoms. The molecule has 0 atom stereocenters. The molecule has 1 aromatic heterocycles. The van der Waals surface area contributed by atoms with Gasteiger partial charge in [0, 0.05) is 24.7 Å². The molecule has 0 aliphatic carbocycles.